The molecule has 7 aromatic carbocycles. The summed E-state index contributed by atoms with van der Waals surface area (Å²) in [6.07, 6.45) is 0. The second-order valence-electron chi connectivity index (χ2n) is 11.6. The van der Waals surface area contributed by atoms with E-state index >= 15 is 0 Å². The standard InChI is InChI=1S/C43H27N3O/c1-3-11-28(12-4-1)30-19-22-32(23-20-30)42-44-41(31-14-5-2-6-15-31)45-43(46-42)37-26-35(34-24-21-29-13-7-8-16-33(29)25-34)27-39-40(37)36-17-9-10-18-38(36)47-39/h1-27H/i24D. The smallest absolute Gasteiger partial charge is 0.164 e. The van der Waals surface area contributed by atoms with Crippen LogP contribution in [0, 0.1) is 0 Å². The SMILES string of the molecule is [2H]c1cc2ccccc2cc1-c1cc(-c2nc(-c3ccccc3)nc(-c3ccc(-c4ccccc4)cc3)n2)c2c(c1)oc1ccccc12. The van der Waals surface area contributed by atoms with Gasteiger partial charge in [0.15, 0.2) is 17.5 Å². The summed E-state index contributed by atoms with van der Waals surface area (Å²) in [5.74, 6) is 1.70. The van der Waals surface area contributed by atoms with E-state index in [1.165, 1.54) is 0 Å². The Morgan fingerprint density at radius 2 is 0.979 bits per heavy atom. The van der Waals surface area contributed by atoms with Gasteiger partial charge in [-0.1, -0.05) is 140 Å². The number of hydrogen-bond acceptors (Lipinski definition) is 4. The summed E-state index contributed by atoms with van der Waals surface area (Å²) in [7, 11) is 0. The molecule has 220 valence electrons. The van der Waals surface area contributed by atoms with Crippen molar-refractivity contribution < 1.29 is 5.79 Å². The van der Waals surface area contributed by atoms with Crippen LogP contribution in [0.4, 0.5) is 0 Å². The number of furan rings is 1. The fourth-order valence-electron chi connectivity index (χ4n) is 6.26. The Labute approximate surface area is 273 Å². The monoisotopic (exact) mass is 602 g/mol. The van der Waals surface area contributed by atoms with Crippen molar-refractivity contribution in [3.63, 3.8) is 0 Å². The van der Waals surface area contributed by atoms with Crippen LogP contribution in [0.5, 0.6) is 0 Å². The molecule has 9 aromatic rings. The fraction of sp³-hybridized carbons (Fsp3) is 0. The summed E-state index contributed by atoms with van der Waals surface area (Å²) in [4.78, 5) is 15.2. The van der Waals surface area contributed by atoms with Crippen molar-refractivity contribution in [2.45, 2.75) is 0 Å². The Morgan fingerprint density at radius 1 is 0.404 bits per heavy atom. The van der Waals surface area contributed by atoms with Gasteiger partial charge in [-0.3, -0.25) is 0 Å². The molecule has 9 rings (SSSR count). The lowest BCUT2D eigenvalue weighted by Gasteiger charge is -2.12. The molecule has 4 nitrogen and oxygen atoms in total. The van der Waals surface area contributed by atoms with E-state index in [1.54, 1.807) is 0 Å². The Hall–Kier alpha value is -6.39. The van der Waals surface area contributed by atoms with Gasteiger partial charge in [-0.25, -0.2) is 15.0 Å². The Kier molecular flexibility index (Phi) is 6.17. The molecule has 0 saturated carbocycles. The number of fused-ring (bicyclic) bond motifs is 4. The lowest BCUT2D eigenvalue weighted by Crippen LogP contribution is -2.00. The van der Waals surface area contributed by atoms with Gasteiger partial charge in [0.05, 0.1) is 1.37 Å². The third-order valence-corrected chi connectivity index (χ3v) is 8.63. The molecule has 0 saturated heterocycles. The molecule has 2 aromatic heterocycles. The quantitative estimate of drug-likeness (QED) is 0.197. The average Bonchev–Trinajstić information content (AvgIpc) is 3.53. The molecule has 0 unspecified atom stereocenters. The number of nitrogens with zero attached hydrogens (tertiary/aromatic N) is 3. The molecule has 0 N–H and O–H groups in total. The van der Waals surface area contributed by atoms with Crippen LogP contribution >= 0.6 is 0 Å². The molecular weight excluding hydrogens is 574 g/mol. The normalized spacial score (nSPS) is 11.7. The van der Waals surface area contributed by atoms with Gasteiger partial charge in [0.25, 0.3) is 0 Å². The van der Waals surface area contributed by atoms with Crippen LogP contribution in [0.25, 0.3) is 89.1 Å². The van der Waals surface area contributed by atoms with Gasteiger partial charge in [-0.2, -0.15) is 0 Å². The van der Waals surface area contributed by atoms with Crippen molar-refractivity contribution in [1.29, 1.82) is 0 Å². The molecule has 0 aliphatic rings. The number of aromatic nitrogens is 3. The maximum Gasteiger partial charge on any atom is 0.164 e. The first-order chi connectivity index (χ1) is 23.7. The second-order valence-corrected chi connectivity index (χ2v) is 11.6. The molecule has 0 fully saturated rings. The van der Waals surface area contributed by atoms with Gasteiger partial charge >= 0.3 is 0 Å². The summed E-state index contributed by atoms with van der Waals surface area (Å²) < 4.78 is 15.4. The Morgan fingerprint density at radius 3 is 1.74 bits per heavy atom. The van der Waals surface area contributed by atoms with E-state index < -0.39 is 0 Å². The lowest BCUT2D eigenvalue weighted by molar-refractivity contribution is 0.669. The molecule has 0 bridgehead atoms. The average molecular weight is 603 g/mol. The van der Waals surface area contributed by atoms with Gasteiger partial charge in [-0.05, 0) is 57.3 Å². The topological polar surface area (TPSA) is 51.8 Å². The molecule has 2 heterocycles. The first-order valence-corrected chi connectivity index (χ1v) is 15.6. The molecule has 47 heavy (non-hydrogen) atoms. The number of rotatable bonds is 5. The molecule has 0 spiro atoms. The molecule has 0 amide bonds. The molecule has 0 aliphatic carbocycles. The van der Waals surface area contributed by atoms with Crippen LogP contribution in [-0.2, 0) is 0 Å². The van der Waals surface area contributed by atoms with Gasteiger partial charge in [0.2, 0.25) is 0 Å². The van der Waals surface area contributed by atoms with Gasteiger partial charge in [-0.15, -0.1) is 0 Å². The van der Waals surface area contributed by atoms with Crippen molar-refractivity contribution in [3.8, 4) is 56.4 Å². The van der Waals surface area contributed by atoms with Crippen molar-refractivity contribution in [2.24, 2.45) is 0 Å². The third kappa shape index (κ3) is 4.93. The minimum absolute atomic E-state index is 0.440. The largest absolute Gasteiger partial charge is 0.456 e. The summed E-state index contributed by atoms with van der Waals surface area (Å²) >= 11 is 0. The molecule has 0 atom stereocenters. The van der Waals surface area contributed by atoms with E-state index in [1.807, 2.05) is 97.1 Å². The highest BCUT2D eigenvalue weighted by molar-refractivity contribution is 6.13. The van der Waals surface area contributed by atoms with E-state index in [0.717, 1.165) is 66.1 Å². The molecule has 0 aliphatic heterocycles. The van der Waals surface area contributed by atoms with E-state index in [0.29, 0.717) is 29.1 Å². The van der Waals surface area contributed by atoms with Crippen molar-refractivity contribution in [2.75, 3.05) is 0 Å². The van der Waals surface area contributed by atoms with Crippen LogP contribution in [-0.4, -0.2) is 15.0 Å². The molecule has 4 heteroatoms. The lowest BCUT2D eigenvalue weighted by atomic mass is 9.96. The van der Waals surface area contributed by atoms with Crippen LogP contribution in [0.15, 0.2) is 168 Å². The van der Waals surface area contributed by atoms with Gasteiger partial charge in [0, 0.05) is 27.5 Å². The number of para-hydroxylation sites is 1. The predicted octanol–water partition coefficient (Wildman–Crippen LogP) is 11.3. The van der Waals surface area contributed by atoms with E-state index in [9.17, 15) is 0 Å². The van der Waals surface area contributed by atoms with Crippen LogP contribution < -0.4 is 0 Å². The summed E-state index contributed by atoms with van der Waals surface area (Å²) in [5.41, 5.74) is 8.06. The fourth-order valence-corrected chi connectivity index (χ4v) is 6.26. The maximum atomic E-state index is 8.98. The zero-order valence-electron chi connectivity index (χ0n) is 26.3. The minimum atomic E-state index is 0.440. The highest BCUT2D eigenvalue weighted by atomic mass is 16.3. The van der Waals surface area contributed by atoms with Crippen molar-refractivity contribution in [1.82, 2.24) is 15.0 Å². The predicted molar refractivity (Wildman–Crippen MR) is 192 cm³/mol. The third-order valence-electron chi connectivity index (χ3n) is 8.63. The zero-order chi connectivity index (χ0) is 32.0. The highest BCUT2D eigenvalue weighted by Crippen LogP contribution is 2.40. The van der Waals surface area contributed by atoms with E-state index in [4.69, 9.17) is 20.7 Å². The Bertz CT molecular complexity index is 2610. The highest BCUT2D eigenvalue weighted by Gasteiger charge is 2.20. The van der Waals surface area contributed by atoms with Crippen LogP contribution in [0.2, 0.25) is 0 Å². The second kappa shape index (κ2) is 11.2. The van der Waals surface area contributed by atoms with Crippen molar-refractivity contribution in [3.05, 3.63) is 164 Å². The maximum absolute atomic E-state index is 8.98. The van der Waals surface area contributed by atoms with Gasteiger partial charge < -0.3 is 4.42 Å². The van der Waals surface area contributed by atoms with E-state index in [2.05, 4.69) is 60.7 Å². The van der Waals surface area contributed by atoms with Crippen LogP contribution in [0.3, 0.4) is 0 Å². The van der Waals surface area contributed by atoms with E-state index in [-0.39, 0.29) is 0 Å². The molecular formula is C43H27N3O. The minimum Gasteiger partial charge on any atom is -0.456 e. The van der Waals surface area contributed by atoms with Gasteiger partial charge in [0.1, 0.15) is 11.2 Å². The summed E-state index contributed by atoms with van der Waals surface area (Å²) in [6, 6.07) is 53.4. The van der Waals surface area contributed by atoms with Crippen LogP contribution in [0.1, 0.15) is 1.37 Å². The first kappa shape index (κ1) is 25.9. The molecule has 0 radical (unpaired) electrons. The van der Waals surface area contributed by atoms with Crippen molar-refractivity contribution >= 4 is 32.7 Å². The zero-order valence-corrected chi connectivity index (χ0v) is 25.3. The Balaban J connectivity index is 1.29. The number of hydrogen-bond donors (Lipinski definition) is 0. The summed E-state index contributed by atoms with van der Waals surface area (Å²) in [5, 5.41) is 4.01. The summed E-state index contributed by atoms with van der Waals surface area (Å²) in [6.45, 7) is 0. The first-order valence-electron chi connectivity index (χ1n) is 16.1. The number of benzene rings is 7.